The van der Waals surface area contributed by atoms with Gasteiger partial charge in [-0.15, -0.1) is 0 Å². The fourth-order valence-electron chi connectivity index (χ4n) is 4.13. The van der Waals surface area contributed by atoms with Crippen molar-refractivity contribution in [3.63, 3.8) is 0 Å². The molecule has 1 unspecified atom stereocenters. The average molecular weight is 492 g/mol. The van der Waals surface area contributed by atoms with E-state index in [9.17, 15) is 19.2 Å². The second-order valence-electron chi connectivity index (χ2n) is 8.47. The minimum atomic E-state index is -1.08. The fourth-order valence-corrected chi connectivity index (χ4v) is 4.65. The lowest BCUT2D eigenvalue weighted by atomic mass is 10.0. The Kier molecular flexibility index (Phi) is 6.48. The predicted molar refractivity (Wildman–Crippen MR) is 135 cm³/mol. The number of rotatable bonds is 7. The van der Waals surface area contributed by atoms with Crippen LogP contribution in [-0.4, -0.2) is 49.8 Å². The highest BCUT2D eigenvalue weighted by molar-refractivity contribution is 7.84. The van der Waals surface area contributed by atoms with Gasteiger partial charge >= 0.3 is 0 Å². The first-order valence-corrected chi connectivity index (χ1v) is 12.8. The molecule has 1 fully saturated rings. The number of aromatic amines is 1. The molecule has 180 valence electrons. The van der Waals surface area contributed by atoms with Crippen molar-refractivity contribution in [2.24, 2.45) is 0 Å². The lowest BCUT2D eigenvalue weighted by Crippen LogP contribution is -2.50. The van der Waals surface area contributed by atoms with Gasteiger partial charge in [-0.2, -0.15) is 0 Å². The monoisotopic (exact) mass is 491 g/mol. The van der Waals surface area contributed by atoms with E-state index in [1.54, 1.807) is 18.4 Å². The number of benzene rings is 3. The minimum absolute atomic E-state index is 0.0782. The molecule has 1 saturated heterocycles. The van der Waals surface area contributed by atoms with Crippen LogP contribution in [0.4, 0.5) is 0 Å². The maximum Gasteiger partial charge on any atom is 0.259 e. The molecule has 0 amide bonds. The molecule has 0 saturated carbocycles. The first kappa shape index (κ1) is 23.4. The molecule has 1 aromatic heterocycles. The summed E-state index contributed by atoms with van der Waals surface area (Å²) in [5.41, 5.74) is 3.41. The van der Waals surface area contributed by atoms with Gasteiger partial charge in [0.15, 0.2) is 0 Å². The lowest BCUT2D eigenvalue weighted by Gasteiger charge is -2.29. The standard InChI is InChI=1S/C26H25N3O5S/c1-35(33)20-5-2-16(3-6-20)21-10-17(4-7-23(21)34-19-11-27-12-19)25-28-22-9-15(13-30)8-18(14-31)24(22)26(32)29-25/h2-10,19,27,30-31H,11-14H2,1H3,(H,28,29,32). The SMILES string of the molecule is CS(=O)c1ccc(-c2cc(-c3nc4cc(CO)cc(CO)c4c(=O)[nH]3)ccc2OC2CNC2)cc1. The zero-order valence-corrected chi connectivity index (χ0v) is 19.9. The van der Waals surface area contributed by atoms with E-state index >= 15 is 0 Å². The maximum atomic E-state index is 12.9. The quantitative estimate of drug-likeness (QED) is 0.313. The van der Waals surface area contributed by atoms with Crippen LogP contribution in [0.25, 0.3) is 33.4 Å². The first-order chi connectivity index (χ1) is 17.0. The Labute approximate surface area is 204 Å². The summed E-state index contributed by atoms with van der Waals surface area (Å²) in [5.74, 6) is 1.07. The summed E-state index contributed by atoms with van der Waals surface area (Å²) in [6.07, 6.45) is 1.72. The van der Waals surface area contributed by atoms with Crippen LogP contribution in [0.15, 0.2) is 64.3 Å². The molecule has 0 radical (unpaired) electrons. The largest absolute Gasteiger partial charge is 0.487 e. The van der Waals surface area contributed by atoms with Crippen molar-refractivity contribution in [3.8, 4) is 28.3 Å². The predicted octanol–water partition coefficient (Wildman–Crippen LogP) is 2.33. The molecule has 1 atom stereocenters. The van der Waals surface area contributed by atoms with E-state index < -0.39 is 10.8 Å². The number of aromatic nitrogens is 2. The summed E-state index contributed by atoms with van der Waals surface area (Å²) in [5, 5.41) is 22.8. The molecule has 0 aliphatic carbocycles. The van der Waals surface area contributed by atoms with Crippen LogP contribution < -0.4 is 15.6 Å². The molecule has 9 heteroatoms. The van der Waals surface area contributed by atoms with Crippen molar-refractivity contribution in [1.82, 2.24) is 15.3 Å². The zero-order valence-electron chi connectivity index (χ0n) is 19.1. The molecule has 8 nitrogen and oxygen atoms in total. The molecular formula is C26H25N3O5S. The molecule has 3 aromatic carbocycles. The second-order valence-corrected chi connectivity index (χ2v) is 9.85. The molecule has 5 rings (SSSR count). The van der Waals surface area contributed by atoms with Crippen molar-refractivity contribution in [2.45, 2.75) is 24.2 Å². The highest BCUT2D eigenvalue weighted by Gasteiger charge is 2.21. The van der Waals surface area contributed by atoms with Crippen molar-refractivity contribution in [2.75, 3.05) is 19.3 Å². The van der Waals surface area contributed by atoms with Crippen LogP contribution >= 0.6 is 0 Å². The van der Waals surface area contributed by atoms with Gasteiger partial charge < -0.3 is 25.3 Å². The number of aliphatic hydroxyl groups excluding tert-OH is 2. The molecule has 0 bridgehead atoms. The van der Waals surface area contributed by atoms with E-state index in [0.29, 0.717) is 39.2 Å². The van der Waals surface area contributed by atoms with Crippen molar-refractivity contribution in [1.29, 1.82) is 0 Å². The molecule has 4 aromatic rings. The summed E-state index contributed by atoms with van der Waals surface area (Å²) >= 11 is 0. The molecule has 4 N–H and O–H groups in total. The molecule has 35 heavy (non-hydrogen) atoms. The Bertz CT molecular complexity index is 1480. The van der Waals surface area contributed by atoms with Crippen LogP contribution in [0.2, 0.25) is 0 Å². The lowest BCUT2D eigenvalue weighted by molar-refractivity contribution is 0.143. The molecule has 1 aliphatic heterocycles. The highest BCUT2D eigenvalue weighted by atomic mass is 32.2. The molecular weight excluding hydrogens is 466 g/mol. The summed E-state index contributed by atoms with van der Waals surface area (Å²) in [6, 6.07) is 16.3. The summed E-state index contributed by atoms with van der Waals surface area (Å²) in [6.45, 7) is 0.987. The van der Waals surface area contributed by atoms with Gasteiger partial charge in [0.05, 0.1) is 24.1 Å². The maximum absolute atomic E-state index is 12.9. The Hall–Kier alpha value is -3.37. The highest BCUT2D eigenvalue weighted by Crippen LogP contribution is 2.35. The van der Waals surface area contributed by atoms with E-state index in [2.05, 4.69) is 15.3 Å². The summed E-state index contributed by atoms with van der Waals surface area (Å²) in [4.78, 5) is 21.1. The van der Waals surface area contributed by atoms with Crippen molar-refractivity contribution in [3.05, 3.63) is 76.1 Å². The van der Waals surface area contributed by atoms with E-state index in [-0.39, 0.29) is 24.9 Å². The Morgan fingerprint density at radius 1 is 1.03 bits per heavy atom. The molecule has 1 aliphatic rings. The average Bonchev–Trinajstić information content (AvgIpc) is 2.85. The number of ether oxygens (including phenoxy) is 1. The van der Waals surface area contributed by atoms with Gasteiger partial charge in [-0.25, -0.2) is 4.98 Å². The minimum Gasteiger partial charge on any atom is -0.487 e. The normalized spacial score (nSPS) is 14.6. The van der Waals surface area contributed by atoms with Gasteiger partial charge in [0.25, 0.3) is 5.56 Å². The van der Waals surface area contributed by atoms with Gasteiger partial charge in [0.1, 0.15) is 17.7 Å². The number of aliphatic hydroxyl groups is 2. The van der Waals surface area contributed by atoms with E-state index in [0.717, 1.165) is 29.1 Å². The number of hydrogen-bond acceptors (Lipinski definition) is 7. The summed E-state index contributed by atoms with van der Waals surface area (Å²) in [7, 11) is -1.08. The van der Waals surface area contributed by atoms with Crippen LogP contribution in [-0.2, 0) is 24.0 Å². The number of H-pyrrole nitrogens is 1. The van der Waals surface area contributed by atoms with Crippen LogP contribution in [0, 0.1) is 0 Å². The third-order valence-electron chi connectivity index (χ3n) is 6.09. The Morgan fingerprint density at radius 2 is 1.77 bits per heavy atom. The van der Waals surface area contributed by atoms with E-state index in [1.807, 2.05) is 42.5 Å². The van der Waals surface area contributed by atoms with E-state index in [4.69, 9.17) is 4.74 Å². The number of hydrogen-bond donors (Lipinski definition) is 4. The molecule has 2 heterocycles. The van der Waals surface area contributed by atoms with Crippen LogP contribution in [0.3, 0.4) is 0 Å². The van der Waals surface area contributed by atoms with Gasteiger partial charge in [-0.1, -0.05) is 18.2 Å². The summed E-state index contributed by atoms with van der Waals surface area (Å²) < 4.78 is 18.0. The van der Waals surface area contributed by atoms with Crippen molar-refractivity contribution >= 4 is 21.7 Å². The Morgan fingerprint density at radius 3 is 2.40 bits per heavy atom. The second kappa shape index (κ2) is 9.71. The van der Waals surface area contributed by atoms with Gasteiger partial charge in [-0.3, -0.25) is 9.00 Å². The van der Waals surface area contributed by atoms with Crippen LogP contribution in [0.1, 0.15) is 11.1 Å². The third-order valence-corrected chi connectivity index (χ3v) is 7.03. The van der Waals surface area contributed by atoms with E-state index in [1.165, 1.54) is 0 Å². The van der Waals surface area contributed by atoms with Gasteiger partial charge in [0.2, 0.25) is 0 Å². The number of fused-ring (bicyclic) bond motifs is 1. The smallest absolute Gasteiger partial charge is 0.259 e. The zero-order chi connectivity index (χ0) is 24.5. The first-order valence-electron chi connectivity index (χ1n) is 11.2. The Balaban J connectivity index is 1.63. The fraction of sp³-hybridized carbons (Fsp3) is 0.231. The molecule has 0 spiro atoms. The number of nitrogens with one attached hydrogen (secondary N) is 2. The topological polar surface area (TPSA) is 125 Å². The van der Waals surface area contributed by atoms with Crippen LogP contribution in [0.5, 0.6) is 5.75 Å². The third kappa shape index (κ3) is 4.63. The van der Waals surface area contributed by atoms with Crippen molar-refractivity contribution < 1.29 is 19.2 Å². The van der Waals surface area contributed by atoms with Gasteiger partial charge in [0, 0.05) is 46.2 Å². The number of nitrogens with zero attached hydrogens (tertiary/aromatic N) is 1. The van der Waals surface area contributed by atoms with Gasteiger partial charge in [-0.05, 0) is 53.1 Å².